The Morgan fingerprint density at radius 3 is 2.85 bits per heavy atom. The van der Waals surface area contributed by atoms with Gasteiger partial charge in [0.15, 0.2) is 5.65 Å². The summed E-state index contributed by atoms with van der Waals surface area (Å²) in [4.78, 5) is 21.2. The molecule has 0 unspecified atom stereocenters. The molecule has 0 aliphatic heterocycles. The molecular formula is C18H18N6O2S. The highest BCUT2D eigenvalue weighted by molar-refractivity contribution is 7.13. The average molecular weight is 382 g/mol. The highest BCUT2D eigenvalue weighted by Crippen LogP contribution is 2.23. The van der Waals surface area contributed by atoms with Crippen LogP contribution in [-0.2, 0) is 18.4 Å². The second-order valence-electron chi connectivity index (χ2n) is 6.44. The van der Waals surface area contributed by atoms with Crippen molar-refractivity contribution < 1.29 is 9.53 Å². The molecule has 8 nitrogen and oxygen atoms in total. The summed E-state index contributed by atoms with van der Waals surface area (Å²) in [5, 5.41) is 12.0. The van der Waals surface area contributed by atoms with Gasteiger partial charge in [0.2, 0.25) is 0 Å². The van der Waals surface area contributed by atoms with E-state index in [-0.39, 0.29) is 12.6 Å². The van der Waals surface area contributed by atoms with Crippen LogP contribution >= 0.6 is 11.3 Å². The van der Waals surface area contributed by atoms with E-state index in [0.29, 0.717) is 11.3 Å². The summed E-state index contributed by atoms with van der Waals surface area (Å²) in [7, 11) is 1.86. The van der Waals surface area contributed by atoms with E-state index < -0.39 is 5.97 Å². The second kappa shape index (κ2) is 6.92. The Kier molecular flexibility index (Phi) is 4.44. The van der Waals surface area contributed by atoms with Gasteiger partial charge in [-0.3, -0.25) is 4.68 Å². The van der Waals surface area contributed by atoms with E-state index >= 15 is 0 Å². The van der Waals surface area contributed by atoms with Crippen LogP contribution in [0.25, 0.3) is 21.6 Å². The van der Waals surface area contributed by atoms with Crippen molar-refractivity contribution in [2.24, 2.45) is 7.05 Å². The minimum absolute atomic E-state index is 0.110. The molecule has 4 heterocycles. The third kappa shape index (κ3) is 3.45. The van der Waals surface area contributed by atoms with Gasteiger partial charge in [-0.1, -0.05) is 0 Å². The van der Waals surface area contributed by atoms with Crippen molar-refractivity contribution in [2.75, 3.05) is 0 Å². The molecular weight excluding hydrogens is 364 g/mol. The molecule has 0 saturated carbocycles. The molecule has 0 N–H and O–H groups in total. The highest BCUT2D eigenvalue weighted by Gasteiger charge is 2.14. The largest absolute Gasteiger partial charge is 0.456 e. The number of carbonyl (C=O) groups excluding carboxylic acids is 1. The number of aryl methyl sites for hydroxylation is 1. The first-order valence-corrected chi connectivity index (χ1v) is 9.33. The molecule has 9 heteroatoms. The molecule has 27 heavy (non-hydrogen) atoms. The van der Waals surface area contributed by atoms with Crippen molar-refractivity contribution in [3.05, 3.63) is 47.5 Å². The Bertz CT molecular complexity index is 1110. The van der Waals surface area contributed by atoms with Crippen molar-refractivity contribution in [1.29, 1.82) is 0 Å². The summed E-state index contributed by atoms with van der Waals surface area (Å²) in [5.41, 5.74) is 2.79. The van der Waals surface area contributed by atoms with Crippen molar-refractivity contribution >= 4 is 28.3 Å². The van der Waals surface area contributed by atoms with E-state index in [4.69, 9.17) is 4.74 Å². The minimum atomic E-state index is -0.433. The van der Waals surface area contributed by atoms with Gasteiger partial charge in [0.25, 0.3) is 0 Å². The second-order valence-corrected chi connectivity index (χ2v) is 7.30. The molecule has 0 aromatic carbocycles. The summed E-state index contributed by atoms with van der Waals surface area (Å²) in [6.45, 7) is 4.17. The fourth-order valence-corrected chi connectivity index (χ4v) is 3.47. The Morgan fingerprint density at radius 1 is 1.26 bits per heavy atom. The minimum Gasteiger partial charge on any atom is -0.456 e. The summed E-state index contributed by atoms with van der Waals surface area (Å²) in [5.74, 6) is -0.433. The van der Waals surface area contributed by atoms with Gasteiger partial charge in [-0.25, -0.2) is 19.4 Å². The van der Waals surface area contributed by atoms with Crippen LogP contribution in [0, 0.1) is 0 Å². The number of pyridine rings is 1. The molecule has 0 fully saturated rings. The van der Waals surface area contributed by atoms with Crippen LogP contribution in [0.2, 0.25) is 0 Å². The first-order valence-electron chi connectivity index (χ1n) is 8.45. The molecule has 0 spiro atoms. The Balaban J connectivity index is 1.45. The lowest BCUT2D eigenvalue weighted by molar-refractivity contribution is 0.0468. The van der Waals surface area contributed by atoms with Crippen LogP contribution in [0.3, 0.4) is 0 Å². The van der Waals surface area contributed by atoms with Crippen LogP contribution in [-0.4, -0.2) is 35.5 Å². The van der Waals surface area contributed by atoms with Gasteiger partial charge in [-0.2, -0.15) is 10.2 Å². The summed E-state index contributed by atoms with van der Waals surface area (Å²) in [6, 6.07) is 1.95. The van der Waals surface area contributed by atoms with Crippen LogP contribution in [0.5, 0.6) is 0 Å². The van der Waals surface area contributed by atoms with Crippen LogP contribution in [0.15, 0.2) is 36.2 Å². The number of rotatable bonds is 5. The molecule has 4 rings (SSSR count). The Morgan fingerprint density at radius 2 is 2.11 bits per heavy atom. The van der Waals surface area contributed by atoms with Crippen molar-refractivity contribution in [2.45, 2.75) is 26.5 Å². The van der Waals surface area contributed by atoms with Gasteiger partial charge in [-0.05, 0) is 19.9 Å². The molecule has 0 radical (unpaired) electrons. The number of ether oxygens (including phenoxy) is 1. The molecule has 4 aromatic heterocycles. The van der Waals surface area contributed by atoms with Gasteiger partial charge >= 0.3 is 5.97 Å². The molecule has 0 amide bonds. The fourth-order valence-electron chi connectivity index (χ4n) is 2.69. The van der Waals surface area contributed by atoms with Crippen LogP contribution < -0.4 is 0 Å². The van der Waals surface area contributed by atoms with E-state index in [9.17, 15) is 4.79 Å². The predicted octanol–water partition coefficient (Wildman–Crippen LogP) is 3.23. The molecule has 138 valence electrons. The van der Waals surface area contributed by atoms with Crippen LogP contribution in [0.1, 0.15) is 35.9 Å². The standard InChI is InChI=1S/C18H18N6O2S/c1-11(2)24-16-12(6-21-24)4-13(5-19-16)18(25)26-9-15-10-27-17(22-15)14-7-20-23(3)8-14/h4-8,10-11H,9H2,1-3H3. The Hall–Kier alpha value is -3.07. The number of carbonyl (C=O) groups is 1. The smallest absolute Gasteiger partial charge is 0.340 e. The molecule has 0 aliphatic rings. The SMILES string of the molecule is CC(C)n1ncc2cc(C(=O)OCc3csc(-c4cnn(C)c4)n3)cnc21. The lowest BCUT2D eigenvalue weighted by Gasteiger charge is -2.06. The van der Waals surface area contributed by atoms with Gasteiger partial charge < -0.3 is 4.74 Å². The summed E-state index contributed by atoms with van der Waals surface area (Å²) in [6.07, 6.45) is 6.88. The van der Waals surface area contributed by atoms with Gasteiger partial charge in [0.05, 0.1) is 23.7 Å². The molecule has 0 atom stereocenters. The molecule has 0 aliphatic carbocycles. The number of hydrogen-bond donors (Lipinski definition) is 0. The lowest BCUT2D eigenvalue weighted by Crippen LogP contribution is -2.07. The monoisotopic (exact) mass is 382 g/mol. The normalized spacial score (nSPS) is 11.4. The van der Waals surface area contributed by atoms with Gasteiger partial charge in [-0.15, -0.1) is 11.3 Å². The predicted molar refractivity (Wildman–Crippen MR) is 101 cm³/mol. The number of aromatic nitrogens is 6. The highest BCUT2D eigenvalue weighted by atomic mass is 32.1. The maximum atomic E-state index is 12.4. The zero-order chi connectivity index (χ0) is 19.0. The quantitative estimate of drug-likeness (QED) is 0.493. The molecule has 0 bridgehead atoms. The Labute approximate surface area is 159 Å². The number of thiazole rings is 1. The fraction of sp³-hybridized carbons (Fsp3) is 0.278. The first-order chi connectivity index (χ1) is 13.0. The maximum Gasteiger partial charge on any atom is 0.340 e. The third-order valence-electron chi connectivity index (χ3n) is 4.01. The lowest BCUT2D eigenvalue weighted by atomic mass is 10.2. The first kappa shape index (κ1) is 17.3. The van der Waals surface area contributed by atoms with Crippen molar-refractivity contribution in [3.63, 3.8) is 0 Å². The topological polar surface area (TPSA) is 87.7 Å². The van der Waals surface area contributed by atoms with Crippen molar-refractivity contribution in [1.82, 2.24) is 29.5 Å². The molecule has 4 aromatic rings. The zero-order valence-corrected chi connectivity index (χ0v) is 16.0. The van der Waals surface area contributed by atoms with Gasteiger partial charge in [0.1, 0.15) is 11.6 Å². The summed E-state index contributed by atoms with van der Waals surface area (Å²) < 4.78 is 8.93. The van der Waals surface area contributed by atoms with E-state index in [1.807, 2.05) is 37.2 Å². The maximum absolute atomic E-state index is 12.4. The number of esters is 1. The number of nitrogens with zero attached hydrogens (tertiary/aromatic N) is 6. The third-order valence-corrected chi connectivity index (χ3v) is 4.95. The van der Waals surface area contributed by atoms with Gasteiger partial charge in [0, 0.05) is 41.8 Å². The van der Waals surface area contributed by atoms with E-state index in [0.717, 1.165) is 21.6 Å². The van der Waals surface area contributed by atoms with Crippen molar-refractivity contribution in [3.8, 4) is 10.6 Å². The molecule has 0 saturated heterocycles. The number of hydrogen-bond acceptors (Lipinski definition) is 7. The van der Waals surface area contributed by atoms with E-state index in [1.165, 1.54) is 17.5 Å². The van der Waals surface area contributed by atoms with E-state index in [1.54, 1.807) is 23.1 Å². The zero-order valence-electron chi connectivity index (χ0n) is 15.2. The van der Waals surface area contributed by atoms with E-state index in [2.05, 4.69) is 20.2 Å². The average Bonchev–Trinajstić information content (AvgIpc) is 3.37. The number of fused-ring (bicyclic) bond motifs is 1. The van der Waals surface area contributed by atoms with Crippen LogP contribution in [0.4, 0.5) is 0 Å². The summed E-state index contributed by atoms with van der Waals surface area (Å²) >= 11 is 1.49.